The molecule has 0 aliphatic carbocycles. The van der Waals surface area contributed by atoms with Crippen LogP contribution in [0.2, 0.25) is 0 Å². The summed E-state index contributed by atoms with van der Waals surface area (Å²) in [5, 5.41) is 3.01. The lowest BCUT2D eigenvalue weighted by atomic mass is 9.81. The van der Waals surface area contributed by atoms with Crippen LogP contribution in [0.15, 0.2) is 36.6 Å². The van der Waals surface area contributed by atoms with Crippen LogP contribution in [-0.4, -0.2) is 7.05 Å². The van der Waals surface area contributed by atoms with Crippen molar-refractivity contribution < 1.29 is 0 Å². The van der Waals surface area contributed by atoms with E-state index in [0.29, 0.717) is 17.8 Å². The van der Waals surface area contributed by atoms with Crippen LogP contribution in [0.4, 0.5) is 0 Å². The van der Waals surface area contributed by atoms with Gasteiger partial charge in [-0.2, -0.15) is 0 Å². The predicted molar refractivity (Wildman–Crippen MR) is 74.3 cm³/mol. The van der Waals surface area contributed by atoms with Gasteiger partial charge in [0, 0.05) is 7.05 Å². The minimum Gasteiger partial charge on any atom is -0.394 e. The Labute approximate surface area is 101 Å². The van der Waals surface area contributed by atoms with Crippen molar-refractivity contribution in [2.24, 2.45) is 17.8 Å². The number of allylic oxidation sites excluding steroid dienone is 4. The largest absolute Gasteiger partial charge is 0.394 e. The van der Waals surface area contributed by atoms with E-state index in [-0.39, 0.29) is 0 Å². The van der Waals surface area contributed by atoms with Gasteiger partial charge in [0.1, 0.15) is 0 Å². The third-order valence-electron chi connectivity index (χ3n) is 3.14. The molecule has 2 atom stereocenters. The monoisotopic (exact) mass is 221 g/mol. The van der Waals surface area contributed by atoms with Crippen LogP contribution in [0.25, 0.3) is 0 Å². The number of hydrogen-bond acceptors (Lipinski definition) is 1. The van der Waals surface area contributed by atoms with E-state index in [4.69, 9.17) is 0 Å². The first-order valence-electron chi connectivity index (χ1n) is 6.19. The summed E-state index contributed by atoms with van der Waals surface area (Å²) in [6.07, 6.45) is 9.40. The molecule has 0 fully saturated rings. The summed E-state index contributed by atoms with van der Waals surface area (Å²) in [7, 11) is 1.92. The molecule has 0 saturated heterocycles. The predicted octanol–water partition coefficient (Wildman–Crippen LogP) is 4.15. The van der Waals surface area contributed by atoms with Crippen LogP contribution in [0.1, 0.15) is 34.1 Å². The molecule has 1 N–H and O–H groups in total. The second kappa shape index (κ2) is 8.20. The van der Waals surface area contributed by atoms with Gasteiger partial charge in [0.15, 0.2) is 0 Å². The van der Waals surface area contributed by atoms with E-state index in [1.54, 1.807) is 0 Å². The molecule has 0 radical (unpaired) electrons. The van der Waals surface area contributed by atoms with E-state index in [9.17, 15) is 0 Å². The summed E-state index contributed by atoms with van der Waals surface area (Å²) in [5.74, 6) is 1.87. The minimum absolute atomic E-state index is 0.601. The molecule has 1 heteroatoms. The number of hydrogen-bond donors (Lipinski definition) is 1. The van der Waals surface area contributed by atoms with E-state index in [1.807, 2.05) is 19.3 Å². The van der Waals surface area contributed by atoms with Gasteiger partial charge in [-0.3, -0.25) is 0 Å². The van der Waals surface area contributed by atoms with Gasteiger partial charge >= 0.3 is 0 Å². The maximum absolute atomic E-state index is 3.82. The van der Waals surface area contributed by atoms with Crippen molar-refractivity contribution in [1.82, 2.24) is 5.32 Å². The van der Waals surface area contributed by atoms with Crippen molar-refractivity contribution in [2.75, 3.05) is 7.05 Å². The summed E-state index contributed by atoms with van der Waals surface area (Å²) in [6.45, 7) is 12.9. The Kier molecular flexibility index (Phi) is 7.70. The third kappa shape index (κ3) is 5.20. The zero-order valence-electron chi connectivity index (χ0n) is 11.5. The lowest BCUT2D eigenvalue weighted by molar-refractivity contribution is 0.416. The third-order valence-corrected chi connectivity index (χ3v) is 3.14. The van der Waals surface area contributed by atoms with Crippen LogP contribution < -0.4 is 5.32 Å². The molecule has 0 saturated carbocycles. The summed E-state index contributed by atoms with van der Waals surface area (Å²) in [5.41, 5.74) is 1.51. The first-order chi connectivity index (χ1) is 7.54. The highest BCUT2D eigenvalue weighted by Crippen LogP contribution is 2.28. The summed E-state index contributed by atoms with van der Waals surface area (Å²) >= 11 is 0. The zero-order valence-corrected chi connectivity index (χ0v) is 11.5. The fourth-order valence-corrected chi connectivity index (χ4v) is 1.92. The lowest BCUT2D eigenvalue weighted by Gasteiger charge is -2.24. The van der Waals surface area contributed by atoms with Crippen LogP contribution in [-0.2, 0) is 0 Å². The Morgan fingerprint density at radius 2 is 1.88 bits per heavy atom. The standard InChI is InChI=1S/C15H27N/c1-7-9-13(4)14(5)15(12(2)3)10-8-11-16-6/h7-8,10-14,16H,1,9H2,2-6H3/b11-8-,15-10+. The van der Waals surface area contributed by atoms with Gasteiger partial charge in [-0.25, -0.2) is 0 Å². The van der Waals surface area contributed by atoms with Gasteiger partial charge in [0.2, 0.25) is 0 Å². The first-order valence-corrected chi connectivity index (χ1v) is 6.19. The van der Waals surface area contributed by atoms with Crippen LogP contribution in [0.5, 0.6) is 0 Å². The molecule has 0 aromatic carbocycles. The molecule has 0 amide bonds. The highest BCUT2D eigenvalue weighted by atomic mass is 14.8. The van der Waals surface area contributed by atoms with E-state index in [2.05, 4.69) is 51.7 Å². The van der Waals surface area contributed by atoms with E-state index in [1.165, 1.54) is 5.57 Å². The summed E-state index contributed by atoms with van der Waals surface area (Å²) < 4.78 is 0. The summed E-state index contributed by atoms with van der Waals surface area (Å²) in [6, 6.07) is 0. The molecule has 0 aliphatic rings. The van der Waals surface area contributed by atoms with E-state index >= 15 is 0 Å². The molecule has 0 spiro atoms. The molecular weight excluding hydrogens is 194 g/mol. The maximum Gasteiger partial charge on any atom is 0.00277 e. The van der Waals surface area contributed by atoms with Crippen molar-refractivity contribution in [3.8, 4) is 0 Å². The molecule has 0 aromatic rings. The molecule has 0 aromatic heterocycles. The quantitative estimate of drug-likeness (QED) is 0.503. The van der Waals surface area contributed by atoms with Gasteiger partial charge in [0.05, 0.1) is 0 Å². The second-order valence-electron chi connectivity index (χ2n) is 4.76. The fraction of sp³-hybridized carbons (Fsp3) is 0.600. The molecule has 2 unspecified atom stereocenters. The molecule has 92 valence electrons. The molecule has 0 rings (SSSR count). The van der Waals surface area contributed by atoms with Gasteiger partial charge in [-0.15, -0.1) is 6.58 Å². The SMILES string of the molecule is C=CCC(C)C(C)/C(=C/C=C\NC)C(C)C. The van der Waals surface area contributed by atoms with Gasteiger partial charge < -0.3 is 5.32 Å². The smallest absolute Gasteiger partial charge is 0.00277 e. The van der Waals surface area contributed by atoms with Crippen LogP contribution in [0, 0.1) is 17.8 Å². The molecular formula is C15H27N. The second-order valence-corrected chi connectivity index (χ2v) is 4.76. The van der Waals surface area contributed by atoms with Crippen LogP contribution >= 0.6 is 0 Å². The Morgan fingerprint density at radius 1 is 1.25 bits per heavy atom. The Balaban J connectivity index is 4.70. The van der Waals surface area contributed by atoms with Crippen molar-refractivity contribution in [3.63, 3.8) is 0 Å². The number of rotatable bonds is 7. The average Bonchev–Trinajstić information content (AvgIpc) is 2.23. The van der Waals surface area contributed by atoms with Crippen LogP contribution in [0.3, 0.4) is 0 Å². The molecule has 0 heterocycles. The van der Waals surface area contributed by atoms with Gasteiger partial charge in [-0.1, -0.05) is 45.4 Å². The zero-order chi connectivity index (χ0) is 12.6. The Morgan fingerprint density at radius 3 is 2.31 bits per heavy atom. The molecule has 0 aliphatic heterocycles. The fourth-order valence-electron chi connectivity index (χ4n) is 1.92. The van der Waals surface area contributed by atoms with Crippen molar-refractivity contribution in [1.29, 1.82) is 0 Å². The van der Waals surface area contributed by atoms with Crippen molar-refractivity contribution in [2.45, 2.75) is 34.1 Å². The molecule has 0 bridgehead atoms. The Bertz CT molecular complexity index is 248. The van der Waals surface area contributed by atoms with Gasteiger partial charge in [0.25, 0.3) is 0 Å². The average molecular weight is 221 g/mol. The van der Waals surface area contributed by atoms with E-state index in [0.717, 1.165) is 6.42 Å². The molecule has 16 heavy (non-hydrogen) atoms. The van der Waals surface area contributed by atoms with Gasteiger partial charge in [-0.05, 0) is 36.5 Å². The molecule has 1 nitrogen and oxygen atoms in total. The topological polar surface area (TPSA) is 12.0 Å². The lowest BCUT2D eigenvalue weighted by Crippen LogP contribution is -2.14. The highest BCUT2D eigenvalue weighted by Gasteiger charge is 2.17. The first kappa shape index (κ1) is 15.0. The summed E-state index contributed by atoms with van der Waals surface area (Å²) in [4.78, 5) is 0. The maximum atomic E-state index is 3.82. The minimum atomic E-state index is 0.601. The van der Waals surface area contributed by atoms with Crippen molar-refractivity contribution in [3.05, 3.63) is 36.6 Å². The Hall–Kier alpha value is -0.980. The normalized spacial score (nSPS) is 16.5. The highest BCUT2D eigenvalue weighted by molar-refractivity contribution is 5.17. The van der Waals surface area contributed by atoms with E-state index < -0.39 is 0 Å². The van der Waals surface area contributed by atoms with Crippen molar-refractivity contribution >= 4 is 0 Å². The number of nitrogens with one attached hydrogen (secondary N) is 1.